The summed E-state index contributed by atoms with van der Waals surface area (Å²) < 4.78 is 14.1. The number of likely N-dealkylation sites (N-methyl/N-ethyl adjacent to an activating group) is 1. The van der Waals surface area contributed by atoms with Crippen LogP contribution in [0, 0.1) is 0 Å². The Bertz CT molecular complexity index is 411. The second-order valence-corrected chi connectivity index (χ2v) is 4.24. The van der Waals surface area contributed by atoms with Crippen LogP contribution in [0.2, 0.25) is 0 Å². The second kappa shape index (κ2) is 5.12. The third-order valence-electron chi connectivity index (χ3n) is 2.26. The molecule has 0 N–H and O–H groups in total. The van der Waals surface area contributed by atoms with Gasteiger partial charge in [0.1, 0.15) is 5.69 Å². The van der Waals surface area contributed by atoms with Crippen LogP contribution in [0.5, 0.6) is 5.88 Å². The minimum Gasteiger partial charge on any atom is -0.475 e. The topological polar surface area (TPSA) is 38.3 Å². The molecule has 0 bridgehead atoms. The molecule has 0 unspecified atom stereocenters. The van der Waals surface area contributed by atoms with Crippen molar-refractivity contribution in [1.82, 2.24) is 13.6 Å². The zero-order valence-electron chi connectivity index (χ0n) is 9.51. The largest absolute Gasteiger partial charge is 0.475 e. The summed E-state index contributed by atoms with van der Waals surface area (Å²) in [4.78, 5) is 2.11. The molecule has 4 nitrogen and oxygen atoms in total. The highest BCUT2D eigenvalue weighted by molar-refractivity contribution is 6.99. The van der Waals surface area contributed by atoms with E-state index < -0.39 is 0 Å². The Kier molecular flexibility index (Phi) is 3.56. The van der Waals surface area contributed by atoms with Gasteiger partial charge in [-0.3, -0.25) is 0 Å². The molecule has 1 aliphatic heterocycles. The zero-order valence-corrected chi connectivity index (χ0v) is 10.3. The van der Waals surface area contributed by atoms with E-state index in [0.29, 0.717) is 12.5 Å². The Morgan fingerprint density at radius 3 is 3.12 bits per heavy atom. The summed E-state index contributed by atoms with van der Waals surface area (Å²) in [7, 11) is 2.04. The highest BCUT2D eigenvalue weighted by Gasteiger charge is 2.16. The molecule has 5 heteroatoms. The van der Waals surface area contributed by atoms with Crippen molar-refractivity contribution in [2.45, 2.75) is 13.3 Å². The lowest BCUT2D eigenvalue weighted by Gasteiger charge is -2.18. The first-order chi connectivity index (χ1) is 7.81. The lowest BCUT2D eigenvalue weighted by atomic mass is 10.1. The van der Waals surface area contributed by atoms with E-state index in [1.165, 1.54) is 11.7 Å². The fourth-order valence-electron chi connectivity index (χ4n) is 1.50. The molecule has 0 radical (unpaired) electrons. The van der Waals surface area contributed by atoms with Gasteiger partial charge in [-0.25, -0.2) is 0 Å². The second-order valence-electron chi connectivity index (χ2n) is 3.71. The van der Waals surface area contributed by atoms with Crippen molar-refractivity contribution in [3.63, 3.8) is 0 Å². The van der Waals surface area contributed by atoms with Crippen LogP contribution in [0.25, 0.3) is 5.57 Å². The fourth-order valence-corrected chi connectivity index (χ4v) is 2.04. The molecule has 2 heterocycles. The van der Waals surface area contributed by atoms with E-state index in [9.17, 15) is 0 Å². The number of hydrogen-bond acceptors (Lipinski definition) is 5. The number of ether oxygens (including phenoxy) is 1. The van der Waals surface area contributed by atoms with Gasteiger partial charge in [0, 0.05) is 19.2 Å². The predicted octanol–water partition coefficient (Wildman–Crippen LogP) is 2.17. The lowest BCUT2D eigenvalue weighted by Crippen LogP contribution is -2.16. The number of allylic oxidation sites excluding steroid dienone is 2. The monoisotopic (exact) mass is 237 g/mol. The Hall–Kier alpha value is -1.36. The van der Waals surface area contributed by atoms with E-state index in [2.05, 4.69) is 26.6 Å². The quantitative estimate of drug-likeness (QED) is 0.804. The Morgan fingerprint density at radius 1 is 1.50 bits per heavy atom. The lowest BCUT2D eigenvalue weighted by molar-refractivity contribution is 0.306. The van der Waals surface area contributed by atoms with Gasteiger partial charge in [0.05, 0.1) is 18.3 Å². The highest BCUT2D eigenvalue weighted by Crippen LogP contribution is 2.26. The van der Waals surface area contributed by atoms with Gasteiger partial charge in [0.15, 0.2) is 0 Å². The van der Waals surface area contributed by atoms with Crippen LogP contribution in [0.15, 0.2) is 18.4 Å². The van der Waals surface area contributed by atoms with E-state index >= 15 is 0 Å². The molecule has 0 aromatic carbocycles. The van der Waals surface area contributed by atoms with Gasteiger partial charge in [-0.15, -0.1) is 4.37 Å². The van der Waals surface area contributed by atoms with Gasteiger partial charge in [-0.1, -0.05) is 13.0 Å². The predicted molar refractivity (Wildman–Crippen MR) is 65.4 cm³/mol. The molecule has 1 aromatic rings. The Balaban J connectivity index is 2.17. The summed E-state index contributed by atoms with van der Waals surface area (Å²) in [6.45, 7) is 3.62. The van der Waals surface area contributed by atoms with E-state index in [1.54, 1.807) is 0 Å². The van der Waals surface area contributed by atoms with Crippen LogP contribution in [0.1, 0.15) is 19.0 Å². The summed E-state index contributed by atoms with van der Waals surface area (Å²) in [6.07, 6.45) is 7.10. The molecule has 1 aliphatic rings. The van der Waals surface area contributed by atoms with Crippen molar-refractivity contribution in [3.05, 3.63) is 24.0 Å². The highest BCUT2D eigenvalue weighted by atomic mass is 32.1. The minimum atomic E-state index is 0.668. The number of rotatable bonds is 4. The SMILES string of the molecule is CCCOc1nsnc1C1=CC=CN(C)C1. The van der Waals surface area contributed by atoms with E-state index in [0.717, 1.165) is 24.2 Å². The maximum Gasteiger partial charge on any atom is 0.253 e. The van der Waals surface area contributed by atoms with Crippen molar-refractivity contribution in [2.24, 2.45) is 0 Å². The van der Waals surface area contributed by atoms with E-state index in [1.807, 2.05) is 19.3 Å². The third kappa shape index (κ3) is 2.41. The van der Waals surface area contributed by atoms with Crippen LogP contribution in [0.4, 0.5) is 0 Å². The normalized spacial score (nSPS) is 15.1. The fraction of sp³-hybridized carbons (Fsp3) is 0.455. The third-order valence-corrected chi connectivity index (χ3v) is 2.77. The molecule has 0 amide bonds. The van der Waals surface area contributed by atoms with Crippen LogP contribution < -0.4 is 4.74 Å². The summed E-state index contributed by atoms with van der Waals surface area (Å²) in [6, 6.07) is 0. The van der Waals surface area contributed by atoms with Crippen molar-refractivity contribution in [3.8, 4) is 5.88 Å². The zero-order chi connectivity index (χ0) is 11.4. The molecule has 2 rings (SSSR count). The molecule has 86 valence electrons. The van der Waals surface area contributed by atoms with Crippen molar-refractivity contribution in [1.29, 1.82) is 0 Å². The maximum absolute atomic E-state index is 5.57. The average Bonchev–Trinajstić information content (AvgIpc) is 2.74. The van der Waals surface area contributed by atoms with Gasteiger partial charge in [-0.05, 0) is 18.7 Å². The van der Waals surface area contributed by atoms with E-state index in [4.69, 9.17) is 4.74 Å². The van der Waals surface area contributed by atoms with Crippen molar-refractivity contribution in [2.75, 3.05) is 20.2 Å². The Morgan fingerprint density at radius 2 is 2.38 bits per heavy atom. The van der Waals surface area contributed by atoms with Gasteiger partial charge in [0.25, 0.3) is 5.88 Å². The van der Waals surface area contributed by atoms with Gasteiger partial charge in [0.2, 0.25) is 0 Å². The van der Waals surface area contributed by atoms with Crippen LogP contribution in [0.3, 0.4) is 0 Å². The van der Waals surface area contributed by atoms with Gasteiger partial charge >= 0.3 is 0 Å². The Labute approximate surface area is 99.6 Å². The molecule has 0 saturated carbocycles. The average molecular weight is 237 g/mol. The standard InChI is InChI=1S/C11H15N3OS/c1-3-7-15-11-10(12-16-13-11)9-5-4-6-14(2)8-9/h4-6H,3,7-8H2,1-2H3. The van der Waals surface area contributed by atoms with Gasteiger partial charge < -0.3 is 9.64 Å². The van der Waals surface area contributed by atoms with Crippen LogP contribution in [-0.4, -0.2) is 33.8 Å². The summed E-state index contributed by atoms with van der Waals surface area (Å²) in [5.41, 5.74) is 2.04. The smallest absolute Gasteiger partial charge is 0.253 e. The first-order valence-corrected chi connectivity index (χ1v) is 6.07. The summed E-state index contributed by atoms with van der Waals surface area (Å²) >= 11 is 1.20. The number of hydrogen-bond donors (Lipinski definition) is 0. The number of aromatic nitrogens is 2. The molecule has 1 aromatic heterocycles. The molecule has 0 saturated heterocycles. The molecule has 0 aliphatic carbocycles. The molecule has 0 fully saturated rings. The molecule has 0 spiro atoms. The van der Waals surface area contributed by atoms with Crippen molar-refractivity contribution >= 4 is 17.3 Å². The molecule has 16 heavy (non-hydrogen) atoms. The van der Waals surface area contributed by atoms with E-state index in [-0.39, 0.29) is 0 Å². The molecular weight excluding hydrogens is 222 g/mol. The summed E-state index contributed by atoms with van der Waals surface area (Å²) in [5.74, 6) is 0.668. The van der Waals surface area contributed by atoms with Crippen LogP contribution >= 0.6 is 11.7 Å². The van der Waals surface area contributed by atoms with Gasteiger partial charge in [-0.2, -0.15) is 4.37 Å². The minimum absolute atomic E-state index is 0.668. The van der Waals surface area contributed by atoms with Crippen LogP contribution in [-0.2, 0) is 0 Å². The van der Waals surface area contributed by atoms with Crippen molar-refractivity contribution < 1.29 is 4.74 Å². The first kappa shape index (κ1) is 11.1. The molecular formula is C11H15N3OS. The summed E-state index contributed by atoms with van der Waals surface area (Å²) in [5, 5.41) is 0. The number of nitrogens with zero attached hydrogens (tertiary/aromatic N) is 3. The first-order valence-electron chi connectivity index (χ1n) is 5.34. The molecule has 0 atom stereocenters. The maximum atomic E-state index is 5.57.